The van der Waals surface area contributed by atoms with Crippen molar-refractivity contribution < 1.29 is 18.7 Å². The quantitative estimate of drug-likeness (QED) is 0.414. The number of amides is 1. The minimum absolute atomic E-state index is 0.196. The van der Waals surface area contributed by atoms with Crippen LogP contribution >= 0.6 is 0 Å². The smallest absolute Gasteiger partial charge is 0.251 e. The van der Waals surface area contributed by atoms with E-state index < -0.39 is 0 Å². The first-order valence-corrected chi connectivity index (χ1v) is 11.1. The molecule has 0 unspecified atom stereocenters. The minimum atomic E-state index is -0.373. The lowest BCUT2D eigenvalue weighted by atomic mass is 10.1. The highest BCUT2D eigenvalue weighted by Gasteiger charge is 2.17. The van der Waals surface area contributed by atoms with Crippen molar-refractivity contribution in [2.45, 2.75) is 32.6 Å². The summed E-state index contributed by atoms with van der Waals surface area (Å²) in [6.07, 6.45) is 2.95. The van der Waals surface area contributed by atoms with Gasteiger partial charge in [-0.3, -0.25) is 4.79 Å². The van der Waals surface area contributed by atoms with Crippen LogP contribution in [0.2, 0.25) is 0 Å². The summed E-state index contributed by atoms with van der Waals surface area (Å²) in [6.45, 7) is 3.05. The number of hydrogen-bond acceptors (Lipinski definition) is 6. The Morgan fingerprint density at radius 3 is 2.65 bits per heavy atom. The monoisotopic (exact) mass is 465 g/mol. The number of nitrogens with zero attached hydrogens (tertiary/aromatic N) is 3. The van der Waals surface area contributed by atoms with E-state index in [4.69, 9.17) is 15.2 Å². The van der Waals surface area contributed by atoms with E-state index in [1.807, 2.05) is 0 Å². The Morgan fingerprint density at radius 2 is 1.97 bits per heavy atom. The fourth-order valence-electron chi connectivity index (χ4n) is 3.37. The number of unbranched alkanes of at least 4 members (excludes halogenated alkanes) is 1. The third kappa shape index (κ3) is 5.84. The van der Waals surface area contributed by atoms with Crippen molar-refractivity contribution in [3.8, 4) is 23.3 Å². The number of nitrogen functional groups attached to an aromatic ring is 1. The van der Waals surface area contributed by atoms with Crippen LogP contribution in [0, 0.1) is 17.1 Å². The lowest BCUT2D eigenvalue weighted by Gasteiger charge is -2.12. The number of methoxy groups -OCH3 is 1. The van der Waals surface area contributed by atoms with E-state index in [1.165, 1.54) is 36.1 Å². The van der Waals surface area contributed by atoms with Gasteiger partial charge >= 0.3 is 0 Å². The van der Waals surface area contributed by atoms with Crippen LogP contribution in [-0.2, 0) is 6.42 Å². The van der Waals surface area contributed by atoms with Gasteiger partial charge < -0.3 is 20.5 Å². The number of aryl methyl sites for hydroxylation is 1. The zero-order chi connectivity index (χ0) is 24.5. The predicted molar refractivity (Wildman–Crippen MR) is 127 cm³/mol. The Bertz CT molecular complexity index is 1170. The summed E-state index contributed by atoms with van der Waals surface area (Å²) < 4.78 is 25.7. The minimum Gasteiger partial charge on any atom is -0.493 e. The zero-order valence-electron chi connectivity index (χ0n) is 19.3. The molecule has 0 radical (unpaired) electrons. The van der Waals surface area contributed by atoms with E-state index in [1.54, 1.807) is 18.2 Å². The van der Waals surface area contributed by atoms with Crippen molar-refractivity contribution >= 4 is 11.7 Å². The number of nitriles is 1. The number of carbonyl (C=O) groups excluding carboxylic acids is 1. The molecule has 2 aromatic carbocycles. The summed E-state index contributed by atoms with van der Waals surface area (Å²) in [5.74, 6) is 0.689. The highest BCUT2D eigenvalue weighted by molar-refractivity contribution is 5.94. The number of carbonyl (C=O) groups is 1. The number of nitrogens with two attached hydrogens (primary N) is 1. The van der Waals surface area contributed by atoms with Gasteiger partial charge in [0, 0.05) is 12.1 Å². The maximum atomic E-state index is 13.2. The molecule has 3 aromatic rings. The van der Waals surface area contributed by atoms with E-state index in [0.717, 1.165) is 12.8 Å². The summed E-state index contributed by atoms with van der Waals surface area (Å²) >= 11 is 0. The molecule has 34 heavy (non-hydrogen) atoms. The van der Waals surface area contributed by atoms with E-state index in [2.05, 4.69) is 23.4 Å². The van der Waals surface area contributed by atoms with Crippen LogP contribution in [0.1, 0.15) is 47.8 Å². The third-order valence-corrected chi connectivity index (χ3v) is 5.23. The van der Waals surface area contributed by atoms with Crippen LogP contribution in [0.4, 0.5) is 10.2 Å². The Labute approximate surface area is 198 Å². The van der Waals surface area contributed by atoms with E-state index >= 15 is 0 Å². The van der Waals surface area contributed by atoms with E-state index in [0.29, 0.717) is 54.4 Å². The lowest BCUT2D eigenvalue weighted by Crippen LogP contribution is -2.24. The highest BCUT2D eigenvalue weighted by atomic mass is 19.1. The molecule has 0 spiro atoms. The van der Waals surface area contributed by atoms with Crippen molar-refractivity contribution in [2.75, 3.05) is 26.0 Å². The molecule has 0 aliphatic rings. The summed E-state index contributed by atoms with van der Waals surface area (Å²) in [5, 5.41) is 16.8. The van der Waals surface area contributed by atoms with Crippen LogP contribution in [0.5, 0.6) is 11.5 Å². The maximum Gasteiger partial charge on any atom is 0.251 e. The normalized spacial score (nSPS) is 10.5. The maximum absolute atomic E-state index is 13.2. The van der Waals surface area contributed by atoms with Gasteiger partial charge in [-0.1, -0.05) is 13.3 Å². The molecule has 178 valence electrons. The number of rotatable bonds is 11. The van der Waals surface area contributed by atoms with Gasteiger partial charge in [0.2, 0.25) is 0 Å². The topological polar surface area (TPSA) is 115 Å². The molecular weight excluding hydrogens is 437 g/mol. The summed E-state index contributed by atoms with van der Waals surface area (Å²) in [7, 11) is 1.53. The molecule has 0 saturated carbocycles. The number of aromatic nitrogens is 2. The Balaban J connectivity index is 1.59. The molecule has 3 N–H and O–H groups in total. The van der Waals surface area contributed by atoms with Gasteiger partial charge in [0.05, 0.1) is 25.1 Å². The molecule has 1 aromatic heterocycles. The van der Waals surface area contributed by atoms with Crippen molar-refractivity contribution in [2.24, 2.45) is 0 Å². The Hall–Kier alpha value is -4.06. The lowest BCUT2D eigenvalue weighted by molar-refractivity contribution is 0.0952. The van der Waals surface area contributed by atoms with Gasteiger partial charge in [-0.15, -0.1) is 0 Å². The Morgan fingerprint density at radius 1 is 1.21 bits per heavy atom. The van der Waals surface area contributed by atoms with E-state index in [9.17, 15) is 14.4 Å². The zero-order valence-corrected chi connectivity index (χ0v) is 19.3. The third-order valence-electron chi connectivity index (χ3n) is 5.23. The molecule has 0 aliphatic heterocycles. The number of hydrogen-bond donors (Lipinski definition) is 2. The molecule has 0 atom stereocenters. The number of nitrogens with one attached hydrogen (secondary N) is 1. The van der Waals surface area contributed by atoms with Crippen molar-refractivity contribution in [1.29, 1.82) is 5.26 Å². The Kier molecular flexibility index (Phi) is 8.46. The fraction of sp³-hybridized carbons (Fsp3) is 0.320. The van der Waals surface area contributed by atoms with Crippen LogP contribution in [0.25, 0.3) is 5.69 Å². The molecule has 9 heteroatoms. The second-order valence-corrected chi connectivity index (χ2v) is 7.63. The molecular formula is C25H28FN5O3. The summed E-state index contributed by atoms with van der Waals surface area (Å²) in [5.41, 5.74) is 7.90. The average molecular weight is 466 g/mol. The number of halogens is 1. The first kappa shape index (κ1) is 24.6. The fourth-order valence-corrected chi connectivity index (χ4v) is 3.37. The van der Waals surface area contributed by atoms with Gasteiger partial charge in [0.25, 0.3) is 5.91 Å². The average Bonchev–Trinajstić information content (AvgIpc) is 3.17. The standard InChI is InChI=1S/C25H28FN5O3/c1-3-4-14-34-22-12-7-17(15-23(22)33-2)25(32)29-13-5-6-21-20(16-27)24(28)31(30-21)19-10-8-18(26)9-11-19/h7-12,15H,3-6,13-14,28H2,1-2H3,(H,29,32). The molecule has 0 saturated heterocycles. The van der Waals surface area contributed by atoms with Gasteiger partial charge in [0.1, 0.15) is 23.3 Å². The van der Waals surface area contributed by atoms with Crippen LogP contribution < -0.4 is 20.5 Å². The molecule has 0 fully saturated rings. The molecule has 0 aliphatic carbocycles. The van der Waals surface area contributed by atoms with Gasteiger partial charge in [0.15, 0.2) is 11.5 Å². The van der Waals surface area contributed by atoms with Crippen LogP contribution in [0.3, 0.4) is 0 Å². The van der Waals surface area contributed by atoms with Gasteiger partial charge in [-0.2, -0.15) is 10.4 Å². The highest BCUT2D eigenvalue weighted by Crippen LogP contribution is 2.28. The second-order valence-electron chi connectivity index (χ2n) is 7.63. The summed E-state index contributed by atoms with van der Waals surface area (Å²) in [4.78, 5) is 12.6. The van der Waals surface area contributed by atoms with Crippen molar-refractivity contribution in [3.05, 3.63) is 65.1 Å². The van der Waals surface area contributed by atoms with Crippen LogP contribution in [-0.4, -0.2) is 35.9 Å². The second kappa shape index (κ2) is 11.7. The van der Waals surface area contributed by atoms with Gasteiger partial charge in [-0.05, 0) is 61.7 Å². The SMILES string of the molecule is CCCCOc1ccc(C(=O)NCCCc2nn(-c3ccc(F)cc3)c(N)c2C#N)cc1OC. The first-order chi connectivity index (χ1) is 16.5. The molecule has 8 nitrogen and oxygen atoms in total. The molecule has 3 rings (SSSR count). The van der Waals surface area contributed by atoms with Crippen LogP contribution in [0.15, 0.2) is 42.5 Å². The largest absolute Gasteiger partial charge is 0.493 e. The number of benzene rings is 2. The van der Waals surface area contributed by atoms with Gasteiger partial charge in [-0.25, -0.2) is 9.07 Å². The predicted octanol–water partition coefficient (Wildman–Crippen LogP) is 4.02. The van der Waals surface area contributed by atoms with Crippen molar-refractivity contribution in [3.63, 3.8) is 0 Å². The molecule has 0 bridgehead atoms. The van der Waals surface area contributed by atoms with E-state index in [-0.39, 0.29) is 23.1 Å². The van der Waals surface area contributed by atoms with Crippen molar-refractivity contribution in [1.82, 2.24) is 15.1 Å². The summed E-state index contributed by atoms with van der Waals surface area (Å²) in [6, 6.07) is 12.8. The number of ether oxygens (including phenoxy) is 2. The molecule has 1 heterocycles. The molecule has 1 amide bonds. The first-order valence-electron chi connectivity index (χ1n) is 11.1. The number of anilines is 1.